The van der Waals surface area contributed by atoms with E-state index in [2.05, 4.69) is 6.92 Å². The normalized spacial score (nSPS) is 31.6. The molecule has 19 heavy (non-hydrogen) atoms. The highest BCUT2D eigenvalue weighted by Crippen LogP contribution is 2.46. The van der Waals surface area contributed by atoms with Gasteiger partial charge in [0.1, 0.15) is 5.57 Å². The number of fused-ring (bicyclic) bond motifs is 1. The van der Waals surface area contributed by atoms with Gasteiger partial charge in [-0.3, -0.25) is 4.79 Å². The Morgan fingerprint density at radius 3 is 2.53 bits per heavy atom. The van der Waals surface area contributed by atoms with Gasteiger partial charge in [0.15, 0.2) is 5.78 Å². The Morgan fingerprint density at radius 1 is 1.37 bits per heavy atom. The molecular formula is C15H22O4. The number of aliphatic carboxylic acids is 1. The molecule has 1 N–H and O–H groups in total. The van der Waals surface area contributed by atoms with Crippen molar-refractivity contribution in [2.24, 2.45) is 11.8 Å². The number of carbonyl (C=O) groups excluding carboxylic acids is 1. The first-order valence-corrected chi connectivity index (χ1v) is 6.88. The van der Waals surface area contributed by atoms with Crippen molar-refractivity contribution >= 4 is 11.8 Å². The Morgan fingerprint density at radius 2 is 2.00 bits per heavy atom. The van der Waals surface area contributed by atoms with Gasteiger partial charge < -0.3 is 9.84 Å². The maximum atomic E-state index is 11.8. The number of carboxylic acids is 1. The predicted octanol–water partition coefficient (Wildman–Crippen LogP) is 2.57. The van der Waals surface area contributed by atoms with Crippen molar-refractivity contribution in [3.05, 3.63) is 11.1 Å². The molecule has 0 aromatic heterocycles. The van der Waals surface area contributed by atoms with Crippen LogP contribution in [-0.4, -0.2) is 28.6 Å². The zero-order valence-corrected chi connectivity index (χ0v) is 12.0. The minimum absolute atomic E-state index is 0.0254. The van der Waals surface area contributed by atoms with Crippen LogP contribution in [0.4, 0.5) is 0 Å². The van der Waals surface area contributed by atoms with Crippen molar-refractivity contribution < 1.29 is 19.4 Å². The smallest absolute Gasteiger partial charge is 0.339 e. The van der Waals surface area contributed by atoms with Gasteiger partial charge in [-0.1, -0.05) is 6.92 Å². The third-order valence-electron chi connectivity index (χ3n) is 3.93. The van der Waals surface area contributed by atoms with Crippen LogP contribution < -0.4 is 0 Å². The van der Waals surface area contributed by atoms with Crippen LogP contribution in [0.25, 0.3) is 0 Å². The molecule has 0 aromatic carbocycles. The first-order chi connectivity index (χ1) is 8.70. The second kappa shape index (κ2) is 4.75. The van der Waals surface area contributed by atoms with Crippen LogP contribution in [0.15, 0.2) is 11.1 Å². The van der Waals surface area contributed by atoms with E-state index in [0.29, 0.717) is 12.8 Å². The third-order valence-corrected chi connectivity index (χ3v) is 3.93. The zero-order chi connectivity index (χ0) is 14.4. The van der Waals surface area contributed by atoms with E-state index in [9.17, 15) is 14.7 Å². The van der Waals surface area contributed by atoms with Gasteiger partial charge in [-0.2, -0.15) is 0 Å². The van der Waals surface area contributed by atoms with Crippen molar-refractivity contribution in [1.29, 1.82) is 0 Å². The first-order valence-electron chi connectivity index (χ1n) is 6.88. The molecule has 2 unspecified atom stereocenters. The fraction of sp³-hybridized carbons (Fsp3) is 0.733. The summed E-state index contributed by atoms with van der Waals surface area (Å²) in [6.07, 6.45) is 1.74. The number of carboxylic acid groups (broad SMARTS) is 1. The summed E-state index contributed by atoms with van der Waals surface area (Å²) in [5.74, 6) is -0.937. The van der Waals surface area contributed by atoms with Gasteiger partial charge in [-0.15, -0.1) is 0 Å². The minimum Gasteiger partial charge on any atom is -0.478 e. The van der Waals surface area contributed by atoms with Crippen LogP contribution in [0.1, 0.15) is 47.0 Å². The summed E-state index contributed by atoms with van der Waals surface area (Å²) in [5, 5.41) is 9.24. The minimum atomic E-state index is -1.08. The molecule has 2 rings (SSSR count). The lowest BCUT2D eigenvalue weighted by molar-refractivity contribution is -0.135. The Bertz CT molecular complexity index is 442. The van der Waals surface area contributed by atoms with E-state index in [4.69, 9.17) is 4.74 Å². The van der Waals surface area contributed by atoms with Crippen molar-refractivity contribution in [3.8, 4) is 0 Å². The van der Waals surface area contributed by atoms with E-state index < -0.39 is 5.97 Å². The predicted molar refractivity (Wildman–Crippen MR) is 70.8 cm³/mol. The molecule has 0 bridgehead atoms. The highest BCUT2D eigenvalue weighted by molar-refractivity contribution is 6.17. The lowest BCUT2D eigenvalue weighted by atomic mass is 9.83. The van der Waals surface area contributed by atoms with Crippen LogP contribution in [0.5, 0.6) is 0 Å². The molecule has 106 valence electrons. The van der Waals surface area contributed by atoms with Gasteiger partial charge in [0, 0.05) is 12.3 Å². The van der Waals surface area contributed by atoms with E-state index in [1.807, 2.05) is 20.8 Å². The summed E-state index contributed by atoms with van der Waals surface area (Å²) < 4.78 is 6.11. The van der Waals surface area contributed by atoms with Crippen LogP contribution in [0.2, 0.25) is 0 Å². The quantitative estimate of drug-likeness (QED) is 0.780. The molecule has 4 heteroatoms. The average molecular weight is 266 g/mol. The van der Waals surface area contributed by atoms with Crippen molar-refractivity contribution in [3.63, 3.8) is 0 Å². The van der Waals surface area contributed by atoms with Gasteiger partial charge in [-0.05, 0) is 45.1 Å². The Labute approximate surface area is 113 Å². The molecule has 0 aliphatic heterocycles. The fourth-order valence-electron chi connectivity index (χ4n) is 3.29. The standard InChI is InChI=1S/C15H22O4/c1-8-7-10-9(13(8)19-15(2,3)4)5-6-11(16)12(10)14(17)18/h8-9,13H,5-7H2,1-4H3,(H,17,18)/t8?,9?,13-/m1/s1. The number of rotatable bonds is 2. The fourth-order valence-corrected chi connectivity index (χ4v) is 3.29. The summed E-state index contributed by atoms with van der Waals surface area (Å²) in [6.45, 7) is 8.10. The van der Waals surface area contributed by atoms with E-state index in [1.54, 1.807) is 0 Å². The topological polar surface area (TPSA) is 63.6 Å². The molecular weight excluding hydrogens is 244 g/mol. The molecule has 2 aliphatic carbocycles. The average Bonchev–Trinajstić information content (AvgIpc) is 2.52. The molecule has 0 aromatic rings. The molecule has 0 heterocycles. The van der Waals surface area contributed by atoms with Gasteiger partial charge in [0.2, 0.25) is 0 Å². The highest BCUT2D eigenvalue weighted by atomic mass is 16.5. The number of ether oxygens (including phenoxy) is 1. The molecule has 0 radical (unpaired) electrons. The van der Waals surface area contributed by atoms with E-state index in [-0.39, 0.29) is 34.9 Å². The number of hydrogen-bond acceptors (Lipinski definition) is 3. The first kappa shape index (κ1) is 14.3. The van der Waals surface area contributed by atoms with Gasteiger partial charge in [0.25, 0.3) is 0 Å². The number of carbonyl (C=O) groups is 2. The van der Waals surface area contributed by atoms with E-state index in [0.717, 1.165) is 12.0 Å². The van der Waals surface area contributed by atoms with Crippen molar-refractivity contribution in [2.45, 2.75) is 58.7 Å². The van der Waals surface area contributed by atoms with Gasteiger partial charge in [-0.25, -0.2) is 4.79 Å². The molecule has 0 saturated heterocycles. The Balaban J connectivity index is 2.35. The van der Waals surface area contributed by atoms with Crippen LogP contribution in [-0.2, 0) is 14.3 Å². The number of ketones is 1. The Hall–Kier alpha value is -1.16. The van der Waals surface area contributed by atoms with Crippen LogP contribution in [0, 0.1) is 11.8 Å². The summed E-state index contributed by atoms with van der Waals surface area (Å²) in [6, 6.07) is 0. The molecule has 1 saturated carbocycles. The van der Waals surface area contributed by atoms with Gasteiger partial charge >= 0.3 is 5.97 Å². The maximum absolute atomic E-state index is 11.8. The van der Waals surface area contributed by atoms with Crippen molar-refractivity contribution in [2.75, 3.05) is 0 Å². The lowest BCUT2D eigenvalue weighted by Crippen LogP contribution is -2.35. The molecule has 0 amide bonds. The number of hydrogen-bond donors (Lipinski definition) is 1. The summed E-state index contributed by atoms with van der Waals surface area (Å²) in [5.41, 5.74) is 0.591. The third kappa shape index (κ3) is 2.73. The highest BCUT2D eigenvalue weighted by Gasteiger charge is 2.45. The van der Waals surface area contributed by atoms with Crippen molar-refractivity contribution in [1.82, 2.24) is 0 Å². The monoisotopic (exact) mass is 266 g/mol. The maximum Gasteiger partial charge on any atom is 0.339 e. The second-order valence-corrected chi connectivity index (χ2v) is 6.65. The molecule has 2 aliphatic rings. The molecule has 0 spiro atoms. The summed E-state index contributed by atoms with van der Waals surface area (Å²) in [7, 11) is 0. The Kier molecular flexibility index (Phi) is 3.56. The summed E-state index contributed by atoms with van der Waals surface area (Å²) >= 11 is 0. The molecule has 4 nitrogen and oxygen atoms in total. The summed E-state index contributed by atoms with van der Waals surface area (Å²) in [4.78, 5) is 23.1. The number of Topliss-reactive ketones (excluding diaryl/α,β-unsaturated/α-hetero) is 1. The zero-order valence-electron chi connectivity index (χ0n) is 12.0. The molecule has 1 fully saturated rings. The SMILES string of the molecule is CC1CC2=C(C(=O)O)C(=O)CCC2[C@@H]1OC(C)(C)C. The van der Waals surface area contributed by atoms with E-state index in [1.165, 1.54) is 0 Å². The van der Waals surface area contributed by atoms with Crippen LogP contribution in [0.3, 0.4) is 0 Å². The second-order valence-electron chi connectivity index (χ2n) is 6.65. The van der Waals surface area contributed by atoms with Crippen LogP contribution >= 0.6 is 0 Å². The lowest BCUT2D eigenvalue weighted by Gasteiger charge is -2.32. The van der Waals surface area contributed by atoms with Gasteiger partial charge in [0.05, 0.1) is 11.7 Å². The van der Waals surface area contributed by atoms with E-state index >= 15 is 0 Å². The largest absolute Gasteiger partial charge is 0.478 e. The molecule has 3 atom stereocenters.